The maximum Gasteiger partial charge on any atom is 0.248 e. The predicted molar refractivity (Wildman–Crippen MR) is 114 cm³/mol. The molecule has 4 rings (SSSR count). The summed E-state index contributed by atoms with van der Waals surface area (Å²) in [6.45, 7) is 4.18. The number of ether oxygens (including phenoxy) is 1. The zero-order chi connectivity index (χ0) is 20.9. The zero-order valence-corrected chi connectivity index (χ0v) is 17.1. The summed E-state index contributed by atoms with van der Waals surface area (Å²) in [5.74, 6) is -0.232. The van der Waals surface area contributed by atoms with Crippen LogP contribution in [0.4, 0.5) is 0 Å². The fourth-order valence-electron chi connectivity index (χ4n) is 4.06. The molecule has 2 aliphatic heterocycles. The Bertz CT molecular complexity index is 894. The van der Waals surface area contributed by atoms with Crippen molar-refractivity contribution in [2.45, 2.75) is 25.4 Å². The van der Waals surface area contributed by atoms with Crippen LogP contribution in [0.25, 0.3) is 11.3 Å². The number of benzene rings is 1. The van der Waals surface area contributed by atoms with Crippen molar-refractivity contribution in [2.75, 3.05) is 39.3 Å². The molecule has 7 nitrogen and oxygen atoms in total. The number of carbonyl (C=O) groups is 2. The van der Waals surface area contributed by atoms with Crippen LogP contribution in [0.15, 0.2) is 42.5 Å². The molecule has 0 saturated carbocycles. The molecule has 1 aromatic heterocycles. The lowest BCUT2D eigenvalue weighted by atomic mass is 10.1. The lowest BCUT2D eigenvalue weighted by molar-refractivity contribution is -0.135. The summed E-state index contributed by atoms with van der Waals surface area (Å²) in [5.41, 5.74) is 8.36. The second-order valence-corrected chi connectivity index (χ2v) is 7.93. The maximum atomic E-state index is 12.6. The molecule has 2 amide bonds. The average Bonchev–Trinajstić information content (AvgIpc) is 2.80. The molecule has 2 fully saturated rings. The standard InChI is InChI=1S/C23H28N4O3/c24-23(29)18-9-7-17(8-10-18)19-5-4-6-20(25-19)21-15-26(13-14-30-21)16-22(28)27-11-2-1-3-12-27/h4-10,21H,1-3,11-16H2,(H2,24,29)/t21-/m0/s1. The summed E-state index contributed by atoms with van der Waals surface area (Å²) in [6, 6.07) is 13.0. The number of nitrogens with two attached hydrogens (primary N) is 1. The minimum absolute atomic E-state index is 0.169. The van der Waals surface area contributed by atoms with Gasteiger partial charge in [0, 0.05) is 37.3 Å². The second kappa shape index (κ2) is 9.36. The van der Waals surface area contributed by atoms with Gasteiger partial charge in [-0.3, -0.25) is 19.5 Å². The number of likely N-dealkylation sites (tertiary alicyclic amines) is 1. The van der Waals surface area contributed by atoms with E-state index >= 15 is 0 Å². The van der Waals surface area contributed by atoms with Gasteiger partial charge in [-0.15, -0.1) is 0 Å². The van der Waals surface area contributed by atoms with Crippen molar-refractivity contribution in [2.24, 2.45) is 5.73 Å². The van der Waals surface area contributed by atoms with Gasteiger partial charge in [0.1, 0.15) is 6.10 Å². The number of hydrogen-bond donors (Lipinski definition) is 1. The van der Waals surface area contributed by atoms with E-state index in [1.165, 1.54) is 6.42 Å². The molecular weight excluding hydrogens is 380 g/mol. The fourth-order valence-corrected chi connectivity index (χ4v) is 4.06. The fraction of sp³-hybridized carbons (Fsp3) is 0.435. The van der Waals surface area contributed by atoms with Crippen molar-refractivity contribution >= 4 is 11.8 Å². The SMILES string of the molecule is NC(=O)c1ccc(-c2cccc([C@@H]3CN(CC(=O)N4CCCCC4)CCO3)n2)cc1. The van der Waals surface area contributed by atoms with Gasteiger partial charge in [-0.05, 0) is 43.5 Å². The van der Waals surface area contributed by atoms with E-state index in [4.69, 9.17) is 15.5 Å². The van der Waals surface area contributed by atoms with E-state index in [1.807, 2.05) is 35.2 Å². The first kappa shape index (κ1) is 20.5. The Morgan fingerprint density at radius 1 is 1.03 bits per heavy atom. The normalized spacial score (nSPS) is 20.1. The molecule has 0 bridgehead atoms. The molecule has 2 aromatic rings. The number of carbonyl (C=O) groups excluding carboxylic acids is 2. The van der Waals surface area contributed by atoms with Gasteiger partial charge in [0.25, 0.3) is 0 Å². The zero-order valence-electron chi connectivity index (χ0n) is 17.1. The Kier molecular flexibility index (Phi) is 6.40. The average molecular weight is 409 g/mol. The molecule has 30 heavy (non-hydrogen) atoms. The highest BCUT2D eigenvalue weighted by Gasteiger charge is 2.26. The number of hydrogen-bond acceptors (Lipinski definition) is 5. The molecule has 2 saturated heterocycles. The maximum absolute atomic E-state index is 12.6. The van der Waals surface area contributed by atoms with Crippen LogP contribution in [-0.2, 0) is 9.53 Å². The van der Waals surface area contributed by atoms with Crippen molar-refractivity contribution in [1.82, 2.24) is 14.8 Å². The third kappa shape index (κ3) is 4.86. The molecular formula is C23H28N4O3. The molecule has 7 heteroatoms. The molecule has 2 aliphatic rings. The van der Waals surface area contributed by atoms with E-state index in [0.717, 1.165) is 49.4 Å². The van der Waals surface area contributed by atoms with E-state index in [9.17, 15) is 9.59 Å². The molecule has 0 aliphatic carbocycles. The van der Waals surface area contributed by atoms with E-state index in [-0.39, 0.29) is 12.0 Å². The summed E-state index contributed by atoms with van der Waals surface area (Å²) >= 11 is 0. The van der Waals surface area contributed by atoms with Crippen LogP contribution in [0.2, 0.25) is 0 Å². The number of primary amides is 1. The Labute approximate surface area is 176 Å². The number of pyridine rings is 1. The van der Waals surface area contributed by atoms with Crippen LogP contribution in [0.3, 0.4) is 0 Å². The molecule has 0 unspecified atom stereocenters. The second-order valence-electron chi connectivity index (χ2n) is 7.93. The van der Waals surface area contributed by atoms with Gasteiger partial charge in [-0.1, -0.05) is 18.2 Å². The third-order valence-electron chi connectivity index (χ3n) is 5.78. The summed E-state index contributed by atoms with van der Waals surface area (Å²) in [6.07, 6.45) is 3.26. The first-order chi connectivity index (χ1) is 14.6. The van der Waals surface area contributed by atoms with Gasteiger partial charge in [-0.25, -0.2) is 0 Å². The highest BCUT2D eigenvalue weighted by molar-refractivity contribution is 5.93. The Morgan fingerprint density at radius 3 is 2.53 bits per heavy atom. The highest BCUT2D eigenvalue weighted by Crippen LogP contribution is 2.24. The van der Waals surface area contributed by atoms with Gasteiger partial charge in [0.15, 0.2) is 0 Å². The third-order valence-corrected chi connectivity index (χ3v) is 5.78. The Hall–Kier alpha value is -2.77. The lowest BCUT2D eigenvalue weighted by Crippen LogP contribution is -2.46. The first-order valence-corrected chi connectivity index (χ1v) is 10.6. The van der Waals surface area contributed by atoms with E-state index in [1.54, 1.807) is 12.1 Å². The summed E-state index contributed by atoms with van der Waals surface area (Å²) in [4.78, 5) is 32.8. The van der Waals surface area contributed by atoms with Gasteiger partial charge < -0.3 is 15.4 Å². The van der Waals surface area contributed by atoms with Crippen LogP contribution >= 0.6 is 0 Å². The summed E-state index contributed by atoms with van der Waals surface area (Å²) in [7, 11) is 0. The van der Waals surface area contributed by atoms with Crippen molar-refractivity contribution in [1.29, 1.82) is 0 Å². The number of nitrogens with zero attached hydrogens (tertiary/aromatic N) is 3. The number of morpholine rings is 1. The van der Waals surface area contributed by atoms with Crippen molar-refractivity contribution in [3.63, 3.8) is 0 Å². The summed E-state index contributed by atoms with van der Waals surface area (Å²) in [5, 5.41) is 0. The largest absolute Gasteiger partial charge is 0.369 e. The van der Waals surface area contributed by atoms with Gasteiger partial charge in [0.05, 0.1) is 24.5 Å². The van der Waals surface area contributed by atoms with Crippen LogP contribution in [0.5, 0.6) is 0 Å². The van der Waals surface area contributed by atoms with Crippen molar-refractivity contribution in [3.05, 3.63) is 53.7 Å². The smallest absolute Gasteiger partial charge is 0.248 e. The van der Waals surface area contributed by atoms with Crippen LogP contribution in [-0.4, -0.2) is 65.9 Å². The van der Waals surface area contributed by atoms with E-state index < -0.39 is 5.91 Å². The summed E-state index contributed by atoms with van der Waals surface area (Å²) < 4.78 is 5.97. The van der Waals surface area contributed by atoms with Gasteiger partial charge in [-0.2, -0.15) is 0 Å². The van der Waals surface area contributed by atoms with E-state index in [0.29, 0.717) is 25.3 Å². The molecule has 0 radical (unpaired) electrons. The number of amides is 2. The minimum Gasteiger partial charge on any atom is -0.369 e. The molecule has 0 spiro atoms. The number of rotatable bonds is 5. The van der Waals surface area contributed by atoms with Gasteiger partial charge in [0.2, 0.25) is 11.8 Å². The molecule has 1 atom stereocenters. The van der Waals surface area contributed by atoms with Crippen LogP contribution in [0.1, 0.15) is 41.4 Å². The minimum atomic E-state index is -0.446. The number of piperidine rings is 1. The Morgan fingerprint density at radius 2 is 1.80 bits per heavy atom. The van der Waals surface area contributed by atoms with Crippen molar-refractivity contribution in [3.8, 4) is 11.3 Å². The number of aromatic nitrogens is 1. The predicted octanol–water partition coefficient (Wildman–Crippen LogP) is 2.23. The lowest BCUT2D eigenvalue weighted by Gasteiger charge is -2.34. The van der Waals surface area contributed by atoms with Crippen molar-refractivity contribution < 1.29 is 14.3 Å². The quantitative estimate of drug-likeness (QED) is 0.820. The van der Waals surface area contributed by atoms with Gasteiger partial charge >= 0.3 is 0 Å². The van der Waals surface area contributed by atoms with Crippen LogP contribution in [0, 0.1) is 0 Å². The topological polar surface area (TPSA) is 88.8 Å². The van der Waals surface area contributed by atoms with E-state index in [2.05, 4.69) is 4.90 Å². The monoisotopic (exact) mass is 408 g/mol. The molecule has 2 N–H and O–H groups in total. The molecule has 158 valence electrons. The molecule has 3 heterocycles. The Balaban J connectivity index is 1.42. The van der Waals surface area contributed by atoms with Crippen LogP contribution < -0.4 is 5.73 Å². The molecule has 1 aromatic carbocycles. The first-order valence-electron chi connectivity index (χ1n) is 10.6. The highest BCUT2D eigenvalue weighted by atomic mass is 16.5.